The Balaban J connectivity index is 1.18. The van der Waals surface area contributed by atoms with E-state index < -0.39 is 0 Å². The monoisotopic (exact) mass is 364 g/mol. The molecule has 3 aliphatic rings. The van der Waals surface area contributed by atoms with Crippen molar-refractivity contribution in [3.8, 4) is 11.5 Å². The van der Waals surface area contributed by atoms with E-state index in [9.17, 15) is 0 Å². The number of benzene rings is 2. The minimum absolute atomic E-state index is 0.619. The van der Waals surface area contributed by atoms with E-state index in [-0.39, 0.29) is 0 Å². The maximum atomic E-state index is 5.90. The zero-order chi connectivity index (χ0) is 18.2. The van der Waals surface area contributed by atoms with Gasteiger partial charge in [0.2, 0.25) is 0 Å². The van der Waals surface area contributed by atoms with Gasteiger partial charge in [-0.3, -0.25) is 0 Å². The average molecular weight is 364 g/mol. The third kappa shape index (κ3) is 3.16. The van der Waals surface area contributed by atoms with E-state index >= 15 is 0 Å². The van der Waals surface area contributed by atoms with E-state index in [4.69, 9.17) is 9.47 Å². The molecule has 0 radical (unpaired) electrons. The Morgan fingerprint density at radius 2 is 2.00 bits per heavy atom. The Bertz CT molecular complexity index is 805. The number of anilines is 1. The molecule has 1 saturated heterocycles. The molecule has 4 nitrogen and oxygen atoms in total. The van der Waals surface area contributed by atoms with Crippen molar-refractivity contribution in [2.75, 3.05) is 44.3 Å². The standard InChI is InChI=1S/C23H28N2O2/c1-17-6-8-18(9-7-17)26-14-3-11-24-12-10-21-20(16-24)19-4-2-5-22-23(19)25(21)13-15-27-22/h2,4-9,20-21H,3,10-16H2,1H3/t20-,21-/m0/s1. The predicted octanol–water partition coefficient (Wildman–Crippen LogP) is 3.83. The van der Waals surface area contributed by atoms with E-state index in [0.29, 0.717) is 12.0 Å². The highest BCUT2D eigenvalue weighted by Gasteiger charge is 2.44. The minimum Gasteiger partial charge on any atom is -0.494 e. The van der Waals surface area contributed by atoms with Gasteiger partial charge in [0, 0.05) is 31.6 Å². The molecule has 0 aromatic heterocycles. The highest BCUT2D eigenvalue weighted by molar-refractivity contribution is 5.71. The van der Waals surface area contributed by atoms with Gasteiger partial charge in [0.1, 0.15) is 18.1 Å². The van der Waals surface area contributed by atoms with Crippen LogP contribution in [0.15, 0.2) is 42.5 Å². The van der Waals surface area contributed by atoms with E-state index in [1.54, 1.807) is 0 Å². The summed E-state index contributed by atoms with van der Waals surface area (Å²) in [6.07, 6.45) is 2.32. The fourth-order valence-electron chi connectivity index (χ4n) is 4.96. The third-order valence-corrected chi connectivity index (χ3v) is 6.28. The Labute approximate surface area is 161 Å². The number of likely N-dealkylation sites (tertiary alicyclic amines) is 1. The summed E-state index contributed by atoms with van der Waals surface area (Å²) in [6, 6.07) is 15.6. The lowest BCUT2D eigenvalue weighted by Gasteiger charge is -2.40. The molecule has 2 aromatic rings. The van der Waals surface area contributed by atoms with Gasteiger partial charge in [-0.2, -0.15) is 0 Å². The summed E-state index contributed by atoms with van der Waals surface area (Å²) in [7, 11) is 0. The number of hydrogen-bond donors (Lipinski definition) is 0. The lowest BCUT2D eigenvalue weighted by Crippen LogP contribution is -2.48. The molecule has 4 heteroatoms. The van der Waals surface area contributed by atoms with E-state index in [0.717, 1.165) is 50.8 Å². The first-order chi connectivity index (χ1) is 13.3. The van der Waals surface area contributed by atoms with Gasteiger partial charge < -0.3 is 19.3 Å². The molecule has 0 unspecified atom stereocenters. The van der Waals surface area contributed by atoms with Gasteiger partial charge in [-0.25, -0.2) is 0 Å². The number of hydrogen-bond acceptors (Lipinski definition) is 4. The number of fused-ring (bicyclic) bond motifs is 3. The second-order valence-corrected chi connectivity index (χ2v) is 8.01. The first-order valence-electron chi connectivity index (χ1n) is 10.2. The third-order valence-electron chi connectivity index (χ3n) is 6.28. The van der Waals surface area contributed by atoms with Crippen molar-refractivity contribution in [1.29, 1.82) is 0 Å². The molecule has 3 aliphatic heterocycles. The second kappa shape index (κ2) is 7.08. The molecule has 0 N–H and O–H groups in total. The number of para-hydroxylation sites is 1. The van der Waals surface area contributed by atoms with Crippen LogP contribution in [-0.2, 0) is 0 Å². The number of piperidine rings is 1. The van der Waals surface area contributed by atoms with Crippen LogP contribution < -0.4 is 14.4 Å². The zero-order valence-electron chi connectivity index (χ0n) is 16.1. The highest BCUT2D eigenvalue weighted by Crippen LogP contribution is 2.50. The van der Waals surface area contributed by atoms with Gasteiger partial charge in [-0.1, -0.05) is 29.8 Å². The molecule has 142 valence electrons. The van der Waals surface area contributed by atoms with Gasteiger partial charge in [0.05, 0.1) is 18.8 Å². The van der Waals surface area contributed by atoms with Crippen molar-refractivity contribution in [2.24, 2.45) is 0 Å². The Kier molecular flexibility index (Phi) is 4.44. The smallest absolute Gasteiger partial charge is 0.142 e. The van der Waals surface area contributed by atoms with Crippen LogP contribution >= 0.6 is 0 Å². The Hall–Kier alpha value is -2.20. The van der Waals surface area contributed by atoms with Gasteiger partial charge in [0.15, 0.2) is 0 Å². The average Bonchev–Trinajstić information content (AvgIpc) is 3.02. The molecule has 1 fully saturated rings. The van der Waals surface area contributed by atoms with Crippen LogP contribution in [-0.4, -0.2) is 50.3 Å². The van der Waals surface area contributed by atoms with Crippen molar-refractivity contribution in [3.63, 3.8) is 0 Å². The normalized spacial score (nSPS) is 23.5. The number of aryl methyl sites for hydroxylation is 1. The van der Waals surface area contributed by atoms with Crippen molar-refractivity contribution >= 4 is 5.69 Å². The number of rotatable bonds is 5. The van der Waals surface area contributed by atoms with Crippen molar-refractivity contribution in [1.82, 2.24) is 4.90 Å². The summed E-state index contributed by atoms with van der Waals surface area (Å²) in [6.45, 7) is 8.20. The maximum Gasteiger partial charge on any atom is 0.142 e. The first-order valence-corrected chi connectivity index (χ1v) is 10.2. The van der Waals surface area contributed by atoms with Gasteiger partial charge >= 0.3 is 0 Å². The molecule has 0 aliphatic carbocycles. The number of nitrogens with zero attached hydrogens (tertiary/aromatic N) is 2. The quantitative estimate of drug-likeness (QED) is 0.753. The van der Waals surface area contributed by atoms with E-state index in [2.05, 4.69) is 59.2 Å². The summed E-state index contributed by atoms with van der Waals surface area (Å²) in [5.41, 5.74) is 4.15. The fraction of sp³-hybridized carbons (Fsp3) is 0.478. The summed E-state index contributed by atoms with van der Waals surface area (Å²) >= 11 is 0. The molecule has 2 aromatic carbocycles. The molecule has 2 atom stereocenters. The summed E-state index contributed by atoms with van der Waals surface area (Å²) in [4.78, 5) is 5.25. The minimum atomic E-state index is 0.619. The Morgan fingerprint density at radius 3 is 2.89 bits per heavy atom. The molecular formula is C23H28N2O2. The number of ether oxygens (including phenoxy) is 2. The SMILES string of the molecule is Cc1ccc(OCCCN2CC[C@H]3[C@@H](C2)c2cccc4c2N3CCO4)cc1. The second-order valence-electron chi connectivity index (χ2n) is 8.01. The molecule has 0 amide bonds. The predicted molar refractivity (Wildman–Crippen MR) is 108 cm³/mol. The molecule has 0 spiro atoms. The fourth-order valence-corrected chi connectivity index (χ4v) is 4.96. The van der Waals surface area contributed by atoms with Crippen LogP contribution in [0.5, 0.6) is 11.5 Å². The Morgan fingerprint density at radius 1 is 1.11 bits per heavy atom. The molecule has 0 saturated carbocycles. The largest absolute Gasteiger partial charge is 0.494 e. The van der Waals surface area contributed by atoms with Crippen LogP contribution in [0.25, 0.3) is 0 Å². The highest BCUT2D eigenvalue weighted by atomic mass is 16.5. The lowest BCUT2D eigenvalue weighted by molar-refractivity contribution is 0.175. The van der Waals surface area contributed by atoms with Gasteiger partial charge in [0.25, 0.3) is 0 Å². The molecular weight excluding hydrogens is 336 g/mol. The van der Waals surface area contributed by atoms with Gasteiger partial charge in [-0.05, 0) is 43.5 Å². The zero-order valence-corrected chi connectivity index (χ0v) is 16.1. The van der Waals surface area contributed by atoms with Crippen molar-refractivity contribution in [3.05, 3.63) is 53.6 Å². The summed E-state index contributed by atoms with van der Waals surface area (Å²) in [5.74, 6) is 2.69. The molecule has 5 rings (SSSR count). The van der Waals surface area contributed by atoms with Crippen LogP contribution in [0.4, 0.5) is 5.69 Å². The maximum absolute atomic E-state index is 5.90. The van der Waals surface area contributed by atoms with Crippen LogP contribution in [0.1, 0.15) is 29.9 Å². The molecule has 0 bridgehead atoms. The van der Waals surface area contributed by atoms with Crippen molar-refractivity contribution in [2.45, 2.75) is 31.7 Å². The van der Waals surface area contributed by atoms with Crippen LogP contribution in [0.2, 0.25) is 0 Å². The topological polar surface area (TPSA) is 24.9 Å². The summed E-state index contributed by atoms with van der Waals surface area (Å²) in [5, 5.41) is 0. The lowest BCUT2D eigenvalue weighted by atomic mass is 9.89. The van der Waals surface area contributed by atoms with E-state index in [1.807, 2.05) is 0 Å². The van der Waals surface area contributed by atoms with Gasteiger partial charge in [-0.15, -0.1) is 0 Å². The van der Waals surface area contributed by atoms with Crippen LogP contribution in [0, 0.1) is 6.92 Å². The molecule has 27 heavy (non-hydrogen) atoms. The van der Waals surface area contributed by atoms with E-state index in [1.165, 1.54) is 29.8 Å². The molecule has 3 heterocycles. The van der Waals surface area contributed by atoms with Crippen LogP contribution in [0.3, 0.4) is 0 Å². The van der Waals surface area contributed by atoms with Crippen molar-refractivity contribution < 1.29 is 9.47 Å². The first kappa shape index (κ1) is 16.9. The summed E-state index contributed by atoms with van der Waals surface area (Å²) < 4.78 is 11.8.